The van der Waals surface area contributed by atoms with E-state index in [1.54, 1.807) is 17.0 Å². The van der Waals surface area contributed by atoms with Gasteiger partial charge in [0.05, 0.1) is 0 Å². The first kappa shape index (κ1) is 29.8. The average molecular weight is 593 g/mol. The second-order valence-electron chi connectivity index (χ2n) is 12.2. The van der Waals surface area contributed by atoms with E-state index in [-0.39, 0.29) is 29.7 Å². The van der Waals surface area contributed by atoms with Gasteiger partial charge in [-0.3, -0.25) is 14.5 Å². The maximum atomic E-state index is 14.6. The molecule has 7 heteroatoms. The number of nitrogens with one attached hydrogen (secondary N) is 2. The number of nitrogens with zero attached hydrogens (tertiary/aromatic N) is 2. The average Bonchev–Trinajstić information content (AvgIpc) is 3.57. The number of amides is 2. The van der Waals surface area contributed by atoms with E-state index in [2.05, 4.69) is 39.5 Å². The van der Waals surface area contributed by atoms with Gasteiger partial charge in [-0.25, -0.2) is 4.39 Å². The second kappa shape index (κ2) is 14.0. The molecular weight excluding hydrogens is 551 g/mol. The monoisotopic (exact) mass is 592 g/mol. The van der Waals surface area contributed by atoms with E-state index in [4.69, 9.17) is 0 Å². The second-order valence-corrected chi connectivity index (χ2v) is 12.2. The van der Waals surface area contributed by atoms with Crippen molar-refractivity contribution in [3.63, 3.8) is 0 Å². The molecule has 2 heterocycles. The van der Waals surface area contributed by atoms with Crippen LogP contribution in [0.3, 0.4) is 0 Å². The van der Waals surface area contributed by atoms with Crippen molar-refractivity contribution in [2.45, 2.75) is 69.6 Å². The molecule has 2 fully saturated rings. The zero-order chi connectivity index (χ0) is 30.3. The van der Waals surface area contributed by atoms with Crippen molar-refractivity contribution in [3.8, 4) is 11.3 Å². The van der Waals surface area contributed by atoms with Crippen LogP contribution in [0, 0.1) is 5.82 Å². The Morgan fingerprint density at radius 3 is 2.16 bits per heavy atom. The molecule has 1 aliphatic carbocycles. The number of likely N-dealkylation sites (tertiary alicyclic amines) is 1. The minimum Gasteiger partial charge on any atom is -0.351 e. The fourth-order valence-electron chi connectivity index (χ4n) is 6.75. The number of rotatable bonds is 9. The Hall–Kier alpha value is -4.23. The van der Waals surface area contributed by atoms with Crippen molar-refractivity contribution in [2.75, 3.05) is 13.1 Å². The van der Waals surface area contributed by atoms with Crippen LogP contribution in [0.2, 0.25) is 0 Å². The first-order valence-electron chi connectivity index (χ1n) is 15.9. The Labute approximate surface area is 259 Å². The molecule has 1 saturated carbocycles. The summed E-state index contributed by atoms with van der Waals surface area (Å²) in [5.41, 5.74) is 4.14. The van der Waals surface area contributed by atoms with Gasteiger partial charge in [0.1, 0.15) is 17.6 Å². The summed E-state index contributed by atoms with van der Waals surface area (Å²) in [6.45, 7) is 2.47. The SMILES string of the molecule is O=C(NC1CCCCC1)[C@H](c1ccc(F)cc1)N(C(=O)c1ccc(-c2ccccc2)[nH]1)C1CCN(Cc2ccccc2)CC1. The lowest BCUT2D eigenvalue weighted by atomic mass is 9.93. The molecule has 228 valence electrons. The molecule has 6 nitrogen and oxygen atoms in total. The first-order chi connectivity index (χ1) is 21.5. The molecule has 2 aliphatic rings. The number of halogens is 1. The summed E-state index contributed by atoms with van der Waals surface area (Å²) in [6, 6.07) is 29.1. The normalized spacial score (nSPS) is 17.2. The zero-order valence-electron chi connectivity index (χ0n) is 25.1. The van der Waals surface area contributed by atoms with E-state index in [1.807, 2.05) is 48.5 Å². The third-order valence-corrected chi connectivity index (χ3v) is 9.10. The molecule has 0 unspecified atom stereocenters. The van der Waals surface area contributed by atoms with Gasteiger partial charge in [0.2, 0.25) is 5.91 Å². The van der Waals surface area contributed by atoms with Crippen LogP contribution < -0.4 is 5.32 Å². The molecule has 0 spiro atoms. The summed E-state index contributed by atoms with van der Waals surface area (Å²) in [5.74, 6) is -0.788. The van der Waals surface area contributed by atoms with E-state index >= 15 is 0 Å². The van der Waals surface area contributed by atoms with Crippen LogP contribution in [0.15, 0.2) is 97.1 Å². The van der Waals surface area contributed by atoms with Crippen molar-refractivity contribution in [1.29, 1.82) is 0 Å². The van der Waals surface area contributed by atoms with Crippen LogP contribution in [0.25, 0.3) is 11.3 Å². The number of carbonyl (C=O) groups is 2. The molecular formula is C37H41FN4O2. The molecule has 0 radical (unpaired) electrons. The Morgan fingerprint density at radius 1 is 0.818 bits per heavy atom. The third kappa shape index (κ3) is 7.11. The molecule has 2 amide bonds. The lowest BCUT2D eigenvalue weighted by Crippen LogP contribution is -2.53. The largest absolute Gasteiger partial charge is 0.351 e. The predicted molar refractivity (Wildman–Crippen MR) is 171 cm³/mol. The summed E-state index contributed by atoms with van der Waals surface area (Å²) in [7, 11) is 0. The number of H-pyrrole nitrogens is 1. The van der Waals surface area contributed by atoms with Crippen LogP contribution in [0.5, 0.6) is 0 Å². The fourth-order valence-corrected chi connectivity index (χ4v) is 6.75. The summed E-state index contributed by atoms with van der Waals surface area (Å²) >= 11 is 0. The third-order valence-electron chi connectivity index (χ3n) is 9.10. The molecule has 44 heavy (non-hydrogen) atoms. The highest BCUT2D eigenvalue weighted by atomic mass is 19.1. The number of aromatic nitrogens is 1. The van der Waals surface area contributed by atoms with E-state index in [1.165, 1.54) is 24.1 Å². The van der Waals surface area contributed by atoms with Gasteiger partial charge in [-0.1, -0.05) is 92.1 Å². The molecule has 6 rings (SSSR count). The van der Waals surface area contributed by atoms with Crippen molar-refractivity contribution in [1.82, 2.24) is 20.1 Å². The van der Waals surface area contributed by atoms with Gasteiger partial charge >= 0.3 is 0 Å². The van der Waals surface area contributed by atoms with Crippen LogP contribution in [0.4, 0.5) is 4.39 Å². The zero-order valence-corrected chi connectivity index (χ0v) is 25.1. The Balaban J connectivity index is 1.32. The van der Waals surface area contributed by atoms with Crippen molar-refractivity contribution in [2.24, 2.45) is 0 Å². The first-order valence-corrected chi connectivity index (χ1v) is 15.9. The molecule has 1 saturated heterocycles. The number of hydrogen-bond donors (Lipinski definition) is 2. The van der Waals surface area contributed by atoms with Gasteiger partial charge in [0.15, 0.2) is 0 Å². The maximum absolute atomic E-state index is 14.6. The Bertz CT molecular complexity index is 1510. The van der Waals surface area contributed by atoms with Gasteiger partial charge in [0.25, 0.3) is 5.91 Å². The lowest BCUT2D eigenvalue weighted by molar-refractivity contribution is -0.128. The molecule has 3 aromatic carbocycles. The molecule has 2 N–H and O–H groups in total. The van der Waals surface area contributed by atoms with Gasteiger partial charge in [0, 0.05) is 37.4 Å². The van der Waals surface area contributed by atoms with E-state index in [9.17, 15) is 14.0 Å². The summed E-state index contributed by atoms with van der Waals surface area (Å²) < 4.78 is 14.1. The molecule has 1 aliphatic heterocycles. The minimum atomic E-state index is -0.876. The summed E-state index contributed by atoms with van der Waals surface area (Å²) in [6.07, 6.45) is 6.68. The highest BCUT2D eigenvalue weighted by molar-refractivity contribution is 5.97. The highest BCUT2D eigenvalue weighted by Gasteiger charge is 2.39. The molecule has 1 atom stereocenters. The Morgan fingerprint density at radius 2 is 1.48 bits per heavy atom. The number of benzene rings is 3. The van der Waals surface area contributed by atoms with Crippen LogP contribution in [-0.4, -0.2) is 51.8 Å². The minimum absolute atomic E-state index is 0.0824. The summed E-state index contributed by atoms with van der Waals surface area (Å²) in [5, 5.41) is 3.28. The standard InChI is InChI=1S/C37H41FN4O2/c38-30-18-16-29(17-19-30)35(36(43)39-31-14-8-3-9-15-31)42(32-22-24-41(25-23-32)26-27-10-4-1-5-11-27)37(44)34-21-20-33(40-34)28-12-6-2-7-13-28/h1-2,4-7,10-13,16-21,31-32,35,40H,3,8-9,14-15,22-26H2,(H,39,43)/t35-/m0/s1. The van der Waals surface area contributed by atoms with E-state index < -0.39 is 6.04 Å². The number of aromatic amines is 1. The quantitative estimate of drug-likeness (QED) is 0.218. The van der Waals surface area contributed by atoms with Gasteiger partial charge in [-0.2, -0.15) is 0 Å². The molecule has 0 bridgehead atoms. The molecule has 4 aromatic rings. The van der Waals surface area contributed by atoms with Crippen LogP contribution in [-0.2, 0) is 11.3 Å². The fraction of sp³-hybridized carbons (Fsp3) is 0.351. The highest BCUT2D eigenvalue weighted by Crippen LogP contribution is 2.32. The van der Waals surface area contributed by atoms with E-state index in [0.29, 0.717) is 11.3 Å². The number of carbonyl (C=O) groups excluding carboxylic acids is 2. The number of hydrogen-bond acceptors (Lipinski definition) is 3. The van der Waals surface area contributed by atoms with Crippen molar-refractivity contribution < 1.29 is 14.0 Å². The van der Waals surface area contributed by atoms with Gasteiger partial charge in [-0.05, 0) is 66.6 Å². The van der Waals surface area contributed by atoms with Crippen LogP contribution in [0.1, 0.15) is 72.6 Å². The Kier molecular flexibility index (Phi) is 9.51. The smallest absolute Gasteiger partial charge is 0.271 e. The van der Waals surface area contributed by atoms with Crippen molar-refractivity contribution in [3.05, 3.63) is 120 Å². The topological polar surface area (TPSA) is 68.4 Å². The van der Waals surface area contributed by atoms with Gasteiger partial charge in [-0.15, -0.1) is 0 Å². The summed E-state index contributed by atoms with van der Waals surface area (Å²) in [4.78, 5) is 36.3. The maximum Gasteiger partial charge on any atom is 0.271 e. The van der Waals surface area contributed by atoms with E-state index in [0.717, 1.165) is 69.4 Å². The lowest BCUT2D eigenvalue weighted by Gasteiger charge is -2.42. The van der Waals surface area contributed by atoms with Gasteiger partial charge < -0.3 is 15.2 Å². The molecule has 1 aromatic heterocycles. The number of piperidine rings is 1. The van der Waals surface area contributed by atoms with Crippen LogP contribution >= 0.6 is 0 Å². The predicted octanol–water partition coefficient (Wildman–Crippen LogP) is 7.12. The van der Waals surface area contributed by atoms with Crippen molar-refractivity contribution >= 4 is 11.8 Å².